The van der Waals surface area contributed by atoms with Crippen LogP contribution in [0.4, 0.5) is 0 Å². The van der Waals surface area contributed by atoms with Crippen molar-refractivity contribution in [2.45, 2.75) is 13.3 Å². The molecule has 0 spiro atoms. The van der Waals surface area contributed by atoms with Crippen molar-refractivity contribution in [3.63, 3.8) is 0 Å². The molecule has 0 saturated heterocycles. The predicted octanol–water partition coefficient (Wildman–Crippen LogP) is 1.31. The van der Waals surface area contributed by atoms with Gasteiger partial charge in [-0.3, -0.25) is 4.99 Å². The molecule has 0 aromatic rings. The molecule has 0 aromatic carbocycles. The van der Waals surface area contributed by atoms with E-state index in [9.17, 15) is 0 Å². The zero-order valence-electron chi connectivity index (χ0n) is 7.60. The van der Waals surface area contributed by atoms with E-state index in [1.165, 1.54) is 0 Å². The van der Waals surface area contributed by atoms with Crippen LogP contribution in [-0.2, 0) is 0 Å². The molecule has 0 fully saturated rings. The Kier molecular flexibility index (Phi) is 7.91. The minimum atomic E-state index is 0.425. The lowest BCUT2D eigenvalue weighted by atomic mass is 10.5. The first-order valence-electron chi connectivity index (χ1n) is 4.03. The Morgan fingerprint density at radius 2 is 2.25 bits per heavy atom. The van der Waals surface area contributed by atoms with Crippen molar-refractivity contribution in [3.05, 3.63) is 12.4 Å². The van der Waals surface area contributed by atoms with Crippen LogP contribution >= 0.6 is 11.6 Å². The third kappa shape index (κ3) is 6.04. The van der Waals surface area contributed by atoms with Crippen molar-refractivity contribution < 1.29 is 0 Å². The lowest BCUT2D eigenvalue weighted by molar-refractivity contribution is 0.921. The third-order valence-corrected chi connectivity index (χ3v) is 1.41. The van der Waals surface area contributed by atoms with E-state index in [-0.39, 0.29) is 0 Å². The van der Waals surface area contributed by atoms with Gasteiger partial charge in [0, 0.05) is 26.0 Å². The van der Waals surface area contributed by atoms with Gasteiger partial charge in [0.2, 0.25) is 0 Å². The van der Waals surface area contributed by atoms with E-state index in [0.717, 1.165) is 18.8 Å². The molecule has 0 bridgehead atoms. The van der Waals surface area contributed by atoms with Crippen molar-refractivity contribution in [2.75, 3.05) is 19.5 Å². The maximum Gasteiger partial charge on any atom is 0.115 e. The summed E-state index contributed by atoms with van der Waals surface area (Å²) in [4.78, 5) is 4.23. The standard InChI is InChI=1S/C8H16ClN3/c1-3-4-11-8(7-9)12-6-5-10-2/h5-6,10H,3-4,7H2,1-2H3,(H,11,12)/b6-5-. The second-order valence-corrected chi connectivity index (χ2v) is 2.50. The van der Waals surface area contributed by atoms with Crippen LogP contribution in [0.3, 0.4) is 0 Å². The van der Waals surface area contributed by atoms with Gasteiger partial charge in [-0.2, -0.15) is 0 Å². The van der Waals surface area contributed by atoms with Gasteiger partial charge in [0.1, 0.15) is 5.84 Å². The highest BCUT2D eigenvalue weighted by molar-refractivity contribution is 6.28. The fourth-order valence-electron chi connectivity index (χ4n) is 0.594. The number of nitrogens with one attached hydrogen (secondary N) is 2. The highest BCUT2D eigenvalue weighted by atomic mass is 35.5. The molecule has 3 nitrogen and oxygen atoms in total. The number of alkyl halides is 1. The van der Waals surface area contributed by atoms with Gasteiger partial charge >= 0.3 is 0 Å². The van der Waals surface area contributed by atoms with E-state index in [2.05, 4.69) is 22.5 Å². The van der Waals surface area contributed by atoms with Crippen LogP contribution in [0.2, 0.25) is 0 Å². The maximum atomic E-state index is 5.63. The van der Waals surface area contributed by atoms with Crippen LogP contribution in [0, 0.1) is 0 Å². The molecule has 0 amide bonds. The molecule has 0 heterocycles. The number of hydrogen-bond donors (Lipinski definition) is 2. The Morgan fingerprint density at radius 1 is 1.50 bits per heavy atom. The molecule has 4 heteroatoms. The average Bonchev–Trinajstić information content (AvgIpc) is 2.11. The molecule has 0 aliphatic carbocycles. The molecule has 70 valence electrons. The van der Waals surface area contributed by atoms with Crippen LogP contribution in [0.25, 0.3) is 0 Å². The molecule has 0 aromatic heterocycles. The third-order valence-electron chi connectivity index (χ3n) is 1.15. The largest absolute Gasteiger partial charge is 0.393 e. The topological polar surface area (TPSA) is 36.4 Å². The summed E-state index contributed by atoms with van der Waals surface area (Å²) in [6, 6.07) is 0. The first kappa shape index (κ1) is 11.3. The zero-order valence-corrected chi connectivity index (χ0v) is 8.36. The van der Waals surface area contributed by atoms with Crippen LogP contribution in [0.1, 0.15) is 13.3 Å². The summed E-state index contributed by atoms with van der Waals surface area (Å²) < 4.78 is 0. The molecule has 12 heavy (non-hydrogen) atoms. The minimum Gasteiger partial charge on any atom is -0.393 e. The van der Waals surface area contributed by atoms with Gasteiger partial charge in [0.15, 0.2) is 0 Å². The lowest BCUT2D eigenvalue weighted by Gasteiger charge is -2.00. The quantitative estimate of drug-likeness (QED) is 0.389. The highest BCUT2D eigenvalue weighted by Crippen LogP contribution is 1.84. The van der Waals surface area contributed by atoms with Crippen molar-refractivity contribution >= 4 is 17.4 Å². The van der Waals surface area contributed by atoms with Crippen LogP contribution in [-0.4, -0.2) is 25.3 Å². The molecule has 0 unspecified atom stereocenters. The van der Waals surface area contributed by atoms with Crippen LogP contribution in [0.5, 0.6) is 0 Å². The Bertz CT molecular complexity index is 154. The van der Waals surface area contributed by atoms with Gasteiger partial charge in [0.25, 0.3) is 0 Å². The van der Waals surface area contributed by atoms with E-state index in [1.54, 1.807) is 12.4 Å². The molecule has 0 rings (SSSR count). The summed E-state index contributed by atoms with van der Waals surface area (Å²) in [7, 11) is 1.84. The Balaban J connectivity index is 3.73. The zero-order chi connectivity index (χ0) is 9.23. The molecular weight excluding hydrogens is 174 g/mol. The van der Waals surface area contributed by atoms with Gasteiger partial charge in [-0.05, 0) is 6.42 Å². The van der Waals surface area contributed by atoms with Gasteiger partial charge in [-0.15, -0.1) is 11.6 Å². The normalized spacial score (nSPS) is 12.1. The Hall–Kier alpha value is -0.700. The van der Waals surface area contributed by atoms with Crippen molar-refractivity contribution in [3.8, 4) is 0 Å². The first-order valence-corrected chi connectivity index (χ1v) is 4.56. The van der Waals surface area contributed by atoms with Crippen molar-refractivity contribution in [1.82, 2.24) is 10.6 Å². The second-order valence-electron chi connectivity index (χ2n) is 2.23. The smallest absolute Gasteiger partial charge is 0.115 e. The number of hydrogen-bond acceptors (Lipinski definition) is 2. The van der Waals surface area contributed by atoms with Crippen LogP contribution < -0.4 is 10.6 Å². The number of aliphatic imine (C=N–C) groups is 1. The number of amidine groups is 1. The van der Waals surface area contributed by atoms with Crippen molar-refractivity contribution in [2.24, 2.45) is 4.99 Å². The Morgan fingerprint density at radius 3 is 2.75 bits per heavy atom. The molecule has 0 aliphatic rings. The number of nitrogens with zero attached hydrogens (tertiary/aromatic N) is 1. The fourth-order valence-corrected chi connectivity index (χ4v) is 0.756. The summed E-state index contributed by atoms with van der Waals surface area (Å²) in [6.07, 6.45) is 4.60. The van der Waals surface area contributed by atoms with E-state index < -0.39 is 0 Å². The van der Waals surface area contributed by atoms with Gasteiger partial charge in [0.05, 0.1) is 5.88 Å². The fraction of sp³-hybridized carbons (Fsp3) is 0.625. The second kappa shape index (κ2) is 8.40. The summed E-state index contributed by atoms with van der Waals surface area (Å²) in [5.74, 6) is 1.23. The summed E-state index contributed by atoms with van der Waals surface area (Å²) >= 11 is 5.63. The molecule has 0 saturated carbocycles. The lowest BCUT2D eigenvalue weighted by Crippen LogP contribution is -2.20. The summed E-state index contributed by atoms with van der Waals surface area (Å²) in [6.45, 7) is 2.90. The SMILES string of the molecule is CCCN=C(CCl)N/C=C\NC. The highest BCUT2D eigenvalue weighted by Gasteiger charge is 1.90. The minimum absolute atomic E-state index is 0.425. The van der Waals surface area contributed by atoms with Gasteiger partial charge < -0.3 is 10.6 Å². The summed E-state index contributed by atoms with van der Waals surface area (Å²) in [5, 5.41) is 5.84. The first-order chi connectivity index (χ1) is 5.85. The molecule has 0 atom stereocenters. The molecule has 0 aliphatic heterocycles. The predicted molar refractivity (Wildman–Crippen MR) is 54.6 cm³/mol. The molecule has 0 radical (unpaired) electrons. The van der Waals surface area contributed by atoms with Gasteiger partial charge in [-0.1, -0.05) is 6.92 Å². The van der Waals surface area contributed by atoms with Crippen LogP contribution in [0.15, 0.2) is 17.4 Å². The van der Waals surface area contributed by atoms with E-state index in [1.807, 2.05) is 7.05 Å². The monoisotopic (exact) mass is 189 g/mol. The van der Waals surface area contributed by atoms with E-state index in [0.29, 0.717) is 5.88 Å². The number of rotatable bonds is 5. The Labute approximate surface area is 78.9 Å². The number of halogens is 1. The maximum absolute atomic E-state index is 5.63. The van der Waals surface area contributed by atoms with Crippen molar-refractivity contribution in [1.29, 1.82) is 0 Å². The van der Waals surface area contributed by atoms with Gasteiger partial charge in [-0.25, -0.2) is 0 Å². The summed E-state index contributed by atoms with van der Waals surface area (Å²) in [5.41, 5.74) is 0. The molecular formula is C8H16ClN3. The average molecular weight is 190 g/mol. The molecule has 2 N–H and O–H groups in total. The van der Waals surface area contributed by atoms with E-state index >= 15 is 0 Å². The van der Waals surface area contributed by atoms with E-state index in [4.69, 9.17) is 11.6 Å².